The van der Waals surface area contributed by atoms with Gasteiger partial charge >= 0.3 is 0 Å². The molecule has 2 N–H and O–H groups in total. The van der Waals surface area contributed by atoms with Crippen molar-refractivity contribution < 1.29 is 9.13 Å². The van der Waals surface area contributed by atoms with Crippen molar-refractivity contribution in [2.75, 3.05) is 19.0 Å². The van der Waals surface area contributed by atoms with E-state index in [4.69, 9.17) is 10.5 Å². The second-order valence-electron chi connectivity index (χ2n) is 5.42. The minimum Gasteiger partial charge on any atom is -0.457 e. The summed E-state index contributed by atoms with van der Waals surface area (Å²) in [7, 11) is 3.93. The van der Waals surface area contributed by atoms with Crippen molar-refractivity contribution in [3.05, 3.63) is 53.3 Å². The largest absolute Gasteiger partial charge is 0.457 e. The first kappa shape index (κ1) is 15.3. The van der Waals surface area contributed by atoms with Crippen LogP contribution >= 0.6 is 0 Å². The summed E-state index contributed by atoms with van der Waals surface area (Å²) >= 11 is 0. The SMILES string of the molecule is Cc1cc(Oc2cccc(N(C)C)c2)c([C@H](C)N)cc1F. The zero-order valence-electron chi connectivity index (χ0n) is 12.9. The third-order valence-corrected chi connectivity index (χ3v) is 3.34. The highest BCUT2D eigenvalue weighted by atomic mass is 19.1. The van der Waals surface area contributed by atoms with E-state index in [1.54, 1.807) is 13.0 Å². The molecule has 0 aliphatic heterocycles. The Morgan fingerprint density at radius 3 is 2.52 bits per heavy atom. The third kappa shape index (κ3) is 3.52. The van der Waals surface area contributed by atoms with Gasteiger partial charge < -0.3 is 15.4 Å². The Hall–Kier alpha value is -2.07. The summed E-state index contributed by atoms with van der Waals surface area (Å²) in [4.78, 5) is 2.00. The van der Waals surface area contributed by atoms with E-state index in [0.717, 1.165) is 5.69 Å². The molecule has 3 nitrogen and oxygen atoms in total. The Morgan fingerprint density at radius 1 is 1.19 bits per heavy atom. The van der Waals surface area contributed by atoms with Gasteiger partial charge in [0.05, 0.1) is 0 Å². The number of benzene rings is 2. The standard InChI is InChI=1S/C17H21FN2O/c1-11-8-17(15(12(2)19)10-16(11)18)21-14-7-5-6-13(9-14)20(3)4/h5-10,12H,19H2,1-4H3/t12-/m0/s1. The number of nitrogens with zero attached hydrogens (tertiary/aromatic N) is 1. The van der Waals surface area contributed by atoms with Gasteiger partial charge in [0, 0.05) is 37.5 Å². The maximum absolute atomic E-state index is 13.7. The van der Waals surface area contributed by atoms with Gasteiger partial charge in [-0.2, -0.15) is 0 Å². The minimum atomic E-state index is -0.299. The fraction of sp³-hybridized carbons (Fsp3) is 0.294. The Balaban J connectivity index is 2.39. The van der Waals surface area contributed by atoms with E-state index in [0.29, 0.717) is 22.6 Å². The van der Waals surface area contributed by atoms with Crippen molar-refractivity contribution in [2.24, 2.45) is 5.73 Å². The first-order chi connectivity index (χ1) is 9.88. The van der Waals surface area contributed by atoms with Gasteiger partial charge in [0.1, 0.15) is 17.3 Å². The maximum Gasteiger partial charge on any atom is 0.132 e. The van der Waals surface area contributed by atoms with Gasteiger partial charge in [-0.05, 0) is 43.7 Å². The molecule has 0 fully saturated rings. The molecule has 0 unspecified atom stereocenters. The number of ether oxygens (including phenoxy) is 1. The van der Waals surface area contributed by atoms with Crippen LogP contribution in [0.15, 0.2) is 36.4 Å². The molecule has 0 radical (unpaired) electrons. The van der Waals surface area contributed by atoms with Crippen LogP contribution in [0.25, 0.3) is 0 Å². The Kier molecular flexibility index (Phi) is 4.48. The summed E-state index contributed by atoms with van der Waals surface area (Å²) in [6.45, 7) is 3.52. The number of hydrogen-bond donors (Lipinski definition) is 1. The molecule has 0 heterocycles. The Morgan fingerprint density at radius 2 is 1.90 bits per heavy atom. The van der Waals surface area contributed by atoms with E-state index in [-0.39, 0.29) is 11.9 Å². The fourth-order valence-corrected chi connectivity index (χ4v) is 2.07. The van der Waals surface area contributed by atoms with Crippen LogP contribution in [0.4, 0.5) is 10.1 Å². The van der Waals surface area contributed by atoms with Gasteiger partial charge in [-0.15, -0.1) is 0 Å². The lowest BCUT2D eigenvalue weighted by Crippen LogP contribution is -2.09. The molecule has 0 aliphatic carbocycles. The molecule has 0 aromatic heterocycles. The van der Waals surface area contributed by atoms with Gasteiger partial charge in [-0.25, -0.2) is 4.39 Å². The Bertz CT molecular complexity index is 639. The molecule has 2 aromatic carbocycles. The molecular weight excluding hydrogens is 267 g/mol. The Labute approximate surface area is 125 Å². The molecule has 1 atom stereocenters. The average Bonchev–Trinajstić information content (AvgIpc) is 2.42. The van der Waals surface area contributed by atoms with Gasteiger partial charge in [0.2, 0.25) is 0 Å². The molecule has 0 amide bonds. The molecule has 0 aliphatic rings. The summed E-state index contributed by atoms with van der Waals surface area (Å²) in [5.41, 5.74) is 8.15. The van der Waals surface area contributed by atoms with E-state index >= 15 is 0 Å². The number of anilines is 1. The highest BCUT2D eigenvalue weighted by molar-refractivity contribution is 5.51. The number of nitrogens with two attached hydrogens (primary N) is 1. The summed E-state index contributed by atoms with van der Waals surface area (Å²) in [5.74, 6) is 1.03. The van der Waals surface area contributed by atoms with E-state index in [1.165, 1.54) is 6.07 Å². The normalized spacial score (nSPS) is 12.1. The van der Waals surface area contributed by atoms with Crippen LogP contribution in [-0.2, 0) is 0 Å². The van der Waals surface area contributed by atoms with Crippen molar-refractivity contribution in [3.8, 4) is 11.5 Å². The summed E-state index contributed by atoms with van der Waals surface area (Å²) in [5, 5.41) is 0. The number of hydrogen-bond acceptors (Lipinski definition) is 3. The number of aryl methyl sites for hydroxylation is 1. The van der Waals surface area contributed by atoms with E-state index in [2.05, 4.69) is 0 Å². The van der Waals surface area contributed by atoms with Crippen LogP contribution in [0.3, 0.4) is 0 Å². The van der Waals surface area contributed by atoms with Crippen molar-refractivity contribution in [2.45, 2.75) is 19.9 Å². The predicted molar refractivity (Wildman–Crippen MR) is 84.6 cm³/mol. The van der Waals surface area contributed by atoms with Gasteiger partial charge in [-0.1, -0.05) is 6.07 Å². The molecule has 2 rings (SSSR count). The van der Waals surface area contributed by atoms with Crippen LogP contribution in [0.1, 0.15) is 24.1 Å². The van der Waals surface area contributed by atoms with E-state index in [9.17, 15) is 4.39 Å². The topological polar surface area (TPSA) is 38.5 Å². The second-order valence-corrected chi connectivity index (χ2v) is 5.42. The van der Waals surface area contributed by atoms with E-state index < -0.39 is 0 Å². The maximum atomic E-state index is 13.7. The summed E-state index contributed by atoms with van der Waals surface area (Å²) in [6.07, 6.45) is 0. The fourth-order valence-electron chi connectivity index (χ4n) is 2.07. The van der Waals surface area contributed by atoms with Crippen LogP contribution in [0.5, 0.6) is 11.5 Å². The molecular formula is C17H21FN2O. The molecule has 0 saturated heterocycles. The zero-order chi connectivity index (χ0) is 15.6. The monoisotopic (exact) mass is 288 g/mol. The quantitative estimate of drug-likeness (QED) is 0.923. The average molecular weight is 288 g/mol. The van der Waals surface area contributed by atoms with Crippen LogP contribution in [-0.4, -0.2) is 14.1 Å². The number of rotatable bonds is 4. The molecule has 0 spiro atoms. The molecule has 0 saturated carbocycles. The highest BCUT2D eigenvalue weighted by Crippen LogP contribution is 2.32. The van der Waals surface area contributed by atoms with Crippen LogP contribution < -0.4 is 15.4 Å². The molecule has 2 aromatic rings. The lowest BCUT2D eigenvalue weighted by Gasteiger charge is -2.17. The molecule has 4 heteroatoms. The number of halogens is 1. The van der Waals surface area contributed by atoms with E-state index in [1.807, 2.05) is 50.2 Å². The van der Waals surface area contributed by atoms with Crippen molar-refractivity contribution >= 4 is 5.69 Å². The van der Waals surface area contributed by atoms with Crippen molar-refractivity contribution in [3.63, 3.8) is 0 Å². The van der Waals surface area contributed by atoms with Crippen molar-refractivity contribution in [1.82, 2.24) is 0 Å². The highest BCUT2D eigenvalue weighted by Gasteiger charge is 2.13. The van der Waals surface area contributed by atoms with Crippen molar-refractivity contribution in [1.29, 1.82) is 0 Å². The molecule has 21 heavy (non-hydrogen) atoms. The van der Waals surface area contributed by atoms with Gasteiger partial charge in [-0.3, -0.25) is 0 Å². The van der Waals surface area contributed by atoms with Gasteiger partial charge in [0.15, 0.2) is 0 Å². The molecule has 112 valence electrons. The third-order valence-electron chi connectivity index (χ3n) is 3.34. The first-order valence-electron chi connectivity index (χ1n) is 6.89. The second kappa shape index (κ2) is 6.14. The summed E-state index contributed by atoms with van der Waals surface area (Å²) < 4.78 is 19.6. The molecule has 0 bridgehead atoms. The predicted octanol–water partition coefficient (Wildman–Crippen LogP) is 4.01. The lowest BCUT2D eigenvalue weighted by molar-refractivity contribution is 0.468. The smallest absolute Gasteiger partial charge is 0.132 e. The lowest BCUT2D eigenvalue weighted by atomic mass is 10.0. The zero-order valence-corrected chi connectivity index (χ0v) is 12.9. The minimum absolute atomic E-state index is 0.267. The van der Waals surface area contributed by atoms with Gasteiger partial charge in [0.25, 0.3) is 0 Å². The van der Waals surface area contributed by atoms with Crippen LogP contribution in [0, 0.1) is 12.7 Å². The first-order valence-corrected chi connectivity index (χ1v) is 6.89. The van der Waals surface area contributed by atoms with Crippen LogP contribution in [0.2, 0.25) is 0 Å². The summed E-state index contributed by atoms with van der Waals surface area (Å²) in [6, 6.07) is 10.6.